The van der Waals surface area contributed by atoms with Gasteiger partial charge in [-0.05, 0) is 98.2 Å². The minimum absolute atomic E-state index is 0.0745. The summed E-state index contributed by atoms with van der Waals surface area (Å²) >= 11 is 18.2. The van der Waals surface area contributed by atoms with E-state index in [2.05, 4.69) is 5.32 Å². The molecule has 0 spiro atoms. The van der Waals surface area contributed by atoms with Crippen molar-refractivity contribution in [3.63, 3.8) is 0 Å². The molecule has 10 heteroatoms. The van der Waals surface area contributed by atoms with E-state index < -0.39 is 6.04 Å². The van der Waals surface area contributed by atoms with Crippen molar-refractivity contribution >= 4 is 63.7 Å². The van der Waals surface area contributed by atoms with Gasteiger partial charge in [0.25, 0.3) is 5.91 Å². The Morgan fingerprint density at radius 1 is 0.975 bits per heavy atom. The molecule has 0 saturated carbocycles. The van der Waals surface area contributed by atoms with Gasteiger partial charge in [-0.1, -0.05) is 36.2 Å². The van der Waals surface area contributed by atoms with Crippen molar-refractivity contribution in [1.82, 2.24) is 4.90 Å². The van der Waals surface area contributed by atoms with Crippen LogP contribution in [0, 0.1) is 0 Å². The zero-order valence-corrected chi connectivity index (χ0v) is 24.7. The molecule has 1 saturated heterocycles. The molecule has 3 aromatic rings. The van der Waals surface area contributed by atoms with Crippen LogP contribution in [0.5, 0.6) is 11.5 Å². The van der Waals surface area contributed by atoms with Crippen LogP contribution in [0.4, 0.5) is 11.4 Å². The van der Waals surface area contributed by atoms with Crippen LogP contribution in [-0.2, 0) is 16.0 Å². The van der Waals surface area contributed by atoms with Crippen LogP contribution in [0.15, 0.2) is 66.7 Å². The molecule has 1 atom stereocenters. The number of amides is 2. The Kier molecular flexibility index (Phi) is 10.3. The van der Waals surface area contributed by atoms with E-state index in [1.807, 2.05) is 19.9 Å². The molecule has 0 aliphatic carbocycles. The molecular weight excluding hydrogens is 569 g/mol. The fourth-order valence-electron chi connectivity index (χ4n) is 4.39. The lowest BCUT2D eigenvalue weighted by atomic mass is 10.1. The third kappa shape index (κ3) is 7.24. The number of nitrogens with one attached hydrogen (secondary N) is 1. The first kappa shape index (κ1) is 29.6. The van der Waals surface area contributed by atoms with Crippen LogP contribution in [0.1, 0.15) is 32.3 Å². The molecule has 1 aliphatic heterocycles. The molecule has 4 rings (SSSR count). The Morgan fingerprint density at radius 2 is 1.65 bits per heavy atom. The Bertz CT molecular complexity index is 1350. The van der Waals surface area contributed by atoms with E-state index in [1.54, 1.807) is 65.6 Å². The molecule has 0 bridgehead atoms. The number of thiocarbonyl (C=S) groups is 1. The fourth-order valence-corrected chi connectivity index (χ4v) is 5.31. The predicted molar refractivity (Wildman–Crippen MR) is 164 cm³/mol. The highest BCUT2D eigenvalue weighted by molar-refractivity contribution is 7.80. The molecule has 0 aromatic heterocycles. The first-order chi connectivity index (χ1) is 19.3. The van der Waals surface area contributed by atoms with E-state index in [1.165, 1.54) is 4.90 Å². The van der Waals surface area contributed by atoms with Crippen molar-refractivity contribution in [3.05, 3.63) is 82.3 Å². The van der Waals surface area contributed by atoms with Gasteiger partial charge < -0.3 is 19.7 Å². The van der Waals surface area contributed by atoms with Crippen LogP contribution in [-0.4, -0.2) is 47.6 Å². The molecule has 40 heavy (non-hydrogen) atoms. The highest BCUT2D eigenvalue weighted by atomic mass is 35.5. The van der Waals surface area contributed by atoms with Crippen molar-refractivity contribution in [1.29, 1.82) is 0 Å². The highest BCUT2D eigenvalue weighted by Gasteiger charge is 2.44. The number of rotatable bonds is 12. The van der Waals surface area contributed by atoms with Crippen LogP contribution in [0.2, 0.25) is 10.0 Å². The minimum Gasteiger partial charge on any atom is -0.494 e. The van der Waals surface area contributed by atoms with Gasteiger partial charge >= 0.3 is 0 Å². The van der Waals surface area contributed by atoms with Gasteiger partial charge in [0.15, 0.2) is 5.11 Å². The van der Waals surface area contributed by atoms with Gasteiger partial charge in [-0.2, -0.15) is 0 Å². The summed E-state index contributed by atoms with van der Waals surface area (Å²) in [6.45, 7) is 5.49. The lowest BCUT2D eigenvalue weighted by Gasteiger charge is -2.24. The quantitative estimate of drug-likeness (QED) is 0.232. The molecule has 1 aliphatic rings. The fraction of sp³-hybridized carbons (Fsp3) is 0.300. The first-order valence-corrected chi connectivity index (χ1v) is 14.3. The van der Waals surface area contributed by atoms with Crippen molar-refractivity contribution < 1.29 is 19.1 Å². The monoisotopic (exact) mass is 599 g/mol. The van der Waals surface area contributed by atoms with Crippen molar-refractivity contribution in [2.24, 2.45) is 0 Å². The molecular formula is C30H31Cl2N3O4S. The predicted octanol–water partition coefficient (Wildman–Crippen LogP) is 6.75. The number of benzene rings is 3. The first-order valence-electron chi connectivity index (χ1n) is 13.1. The molecule has 210 valence electrons. The summed E-state index contributed by atoms with van der Waals surface area (Å²) in [6, 6.07) is 18.8. The van der Waals surface area contributed by atoms with Gasteiger partial charge in [-0.15, -0.1) is 0 Å². The maximum absolute atomic E-state index is 13.7. The zero-order valence-electron chi connectivity index (χ0n) is 22.4. The van der Waals surface area contributed by atoms with E-state index in [4.69, 9.17) is 44.9 Å². The summed E-state index contributed by atoms with van der Waals surface area (Å²) in [5.74, 6) is 0.857. The number of ether oxygens (including phenoxy) is 2. The van der Waals surface area contributed by atoms with Gasteiger partial charge in [0, 0.05) is 22.3 Å². The second kappa shape index (κ2) is 13.8. The summed E-state index contributed by atoms with van der Waals surface area (Å²) < 4.78 is 11.1. The van der Waals surface area contributed by atoms with Gasteiger partial charge in [-0.3, -0.25) is 14.5 Å². The molecule has 1 fully saturated rings. The van der Waals surface area contributed by atoms with Gasteiger partial charge in [0.05, 0.1) is 25.3 Å². The topological polar surface area (TPSA) is 71.1 Å². The zero-order chi connectivity index (χ0) is 28.6. The van der Waals surface area contributed by atoms with E-state index in [0.717, 1.165) is 17.7 Å². The third-order valence-corrected chi connectivity index (χ3v) is 7.36. The van der Waals surface area contributed by atoms with E-state index in [9.17, 15) is 9.59 Å². The average molecular weight is 601 g/mol. The van der Waals surface area contributed by atoms with Gasteiger partial charge in [-0.25, -0.2) is 0 Å². The van der Waals surface area contributed by atoms with Crippen LogP contribution < -0.4 is 19.7 Å². The second-order valence-corrected chi connectivity index (χ2v) is 10.4. The Balaban J connectivity index is 1.52. The summed E-state index contributed by atoms with van der Waals surface area (Å²) in [4.78, 5) is 30.1. The lowest BCUT2D eigenvalue weighted by molar-refractivity contribution is -0.124. The smallest absolute Gasteiger partial charge is 0.256 e. The maximum Gasteiger partial charge on any atom is 0.256 e. The minimum atomic E-state index is -0.780. The summed E-state index contributed by atoms with van der Waals surface area (Å²) in [6.07, 6.45) is 1.34. The van der Waals surface area contributed by atoms with E-state index in [-0.39, 0.29) is 18.2 Å². The standard InChI is InChI=1S/C30H31Cl2N3O4S/c1-3-17-39-25-11-7-22(8-12-25)33-28(36)19-27-29(37)35(23-9-13-24(14-10-23)38-4-2)30(40)34(27)16-15-20-5-6-21(31)18-26(20)32/h5-14,18,27H,3-4,15-17,19H2,1-2H3,(H,33,36). The molecule has 0 radical (unpaired) electrons. The number of anilines is 2. The van der Waals surface area contributed by atoms with Crippen molar-refractivity contribution in [2.75, 3.05) is 30.0 Å². The molecule has 7 nitrogen and oxygen atoms in total. The number of hydrogen-bond acceptors (Lipinski definition) is 5. The molecule has 3 aromatic carbocycles. The Labute approximate surface area is 250 Å². The number of hydrogen-bond donors (Lipinski definition) is 1. The van der Waals surface area contributed by atoms with Crippen LogP contribution in [0.3, 0.4) is 0 Å². The number of nitrogens with zero attached hydrogens (tertiary/aromatic N) is 2. The number of halogens is 2. The van der Waals surface area contributed by atoms with E-state index >= 15 is 0 Å². The molecule has 1 heterocycles. The normalized spacial score (nSPS) is 14.9. The van der Waals surface area contributed by atoms with Gasteiger partial charge in [0.1, 0.15) is 17.5 Å². The Morgan fingerprint density at radius 3 is 2.30 bits per heavy atom. The lowest BCUT2D eigenvalue weighted by Crippen LogP contribution is -2.39. The molecule has 2 amide bonds. The van der Waals surface area contributed by atoms with Crippen molar-refractivity contribution in [3.8, 4) is 11.5 Å². The highest BCUT2D eigenvalue weighted by Crippen LogP contribution is 2.30. The van der Waals surface area contributed by atoms with Crippen molar-refractivity contribution in [2.45, 2.75) is 39.2 Å². The number of carbonyl (C=O) groups excluding carboxylic acids is 2. The molecule has 1 N–H and O–H groups in total. The van der Waals surface area contributed by atoms with Gasteiger partial charge in [0.2, 0.25) is 5.91 Å². The largest absolute Gasteiger partial charge is 0.494 e. The third-order valence-electron chi connectivity index (χ3n) is 6.35. The van der Waals surface area contributed by atoms with Crippen LogP contribution in [0.25, 0.3) is 0 Å². The Hall–Kier alpha value is -3.33. The summed E-state index contributed by atoms with van der Waals surface area (Å²) in [5, 5.41) is 4.29. The molecule has 1 unspecified atom stereocenters. The summed E-state index contributed by atoms with van der Waals surface area (Å²) in [7, 11) is 0. The second-order valence-electron chi connectivity index (χ2n) is 9.20. The number of carbonyl (C=O) groups is 2. The van der Waals surface area contributed by atoms with Crippen LogP contribution >= 0.6 is 35.4 Å². The summed E-state index contributed by atoms with van der Waals surface area (Å²) in [5.41, 5.74) is 2.10. The van der Waals surface area contributed by atoms with E-state index in [0.29, 0.717) is 58.5 Å². The SMILES string of the molecule is CCCOc1ccc(NC(=O)CC2C(=O)N(c3ccc(OCC)cc3)C(=S)N2CCc2ccc(Cl)cc2Cl)cc1. The average Bonchev–Trinajstić information content (AvgIpc) is 3.16. The maximum atomic E-state index is 13.7.